The maximum atomic E-state index is 14.4. The van der Waals surface area contributed by atoms with E-state index in [0.29, 0.717) is 30.2 Å². The van der Waals surface area contributed by atoms with E-state index in [1.165, 1.54) is 35.2 Å². The van der Waals surface area contributed by atoms with Crippen LogP contribution in [0.4, 0.5) is 8.78 Å². The number of allylic oxidation sites excluding steroid dienone is 1. The van der Waals surface area contributed by atoms with Gasteiger partial charge in [-0.25, -0.2) is 13.3 Å². The van der Waals surface area contributed by atoms with Gasteiger partial charge in [-0.15, -0.1) is 0 Å². The summed E-state index contributed by atoms with van der Waals surface area (Å²) >= 11 is 0. The van der Waals surface area contributed by atoms with Crippen molar-refractivity contribution in [3.05, 3.63) is 88.3 Å². The summed E-state index contributed by atoms with van der Waals surface area (Å²) in [5.74, 6) is -5.89. The molecule has 5 rings (SSSR count). The number of Topliss-reactive ketones (excluding diaryl/α,β-unsaturated/α-hetero) is 1. The van der Waals surface area contributed by atoms with Crippen LogP contribution in [0.2, 0.25) is 0 Å². The highest BCUT2D eigenvalue weighted by molar-refractivity contribution is 7.46. The number of amides is 2. The number of ether oxygens (including phenoxy) is 2. The molecule has 2 fully saturated rings. The molecule has 15 nitrogen and oxygen atoms in total. The van der Waals surface area contributed by atoms with E-state index < -0.39 is 79.3 Å². The predicted molar refractivity (Wildman–Crippen MR) is 184 cm³/mol. The standard InChI is InChI=1S/C33H35F2N4O11P.C2H6/c1-18(2)38-49-26-11-4-19(3)39-16-33(26)14-24(31(42)36-15-21-7-8-22(34)13-25(21)35)29(41)30(28(37-33)32(39)43)48-17-47-27(40)12-20-5-9-23(10-6-20)50-51(44,45)46;1-2/h5-10,13-14,19,26,37H,4,11-12,15-17H2,1-3H3,(H,36,42)(H2,44,45,46);1-2H3. The van der Waals surface area contributed by atoms with Crippen molar-refractivity contribution >= 4 is 37.1 Å². The molecule has 3 heterocycles. The van der Waals surface area contributed by atoms with Gasteiger partial charge >= 0.3 is 13.8 Å². The van der Waals surface area contributed by atoms with E-state index in [1.807, 2.05) is 20.8 Å². The Kier molecular flexibility index (Phi) is 13.1. The van der Waals surface area contributed by atoms with E-state index in [1.54, 1.807) is 13.8 Å². The summed E-state index contributed by atoms with van der Waals surface area (Å²) in [4.78, 5) is 79.6. The lowest BCUT2D eigenvalue weighted by atomic mass is 9.86. The highest BCUT2D eigenvalue weighted by Gasteiger charge is 2.54. The Morgan fingerprint density at radius 2 is 1.79 bits per heavy atom. The number of fused-ring (bicyclic) bond motifs is 2. The van der Waals surface area contributed by atoms with Gasteiger partial charge < -0.3 is 34.4 Å². The number of esters is 1. The molecular formula is C35H41F2N4O11P. The molecule has 3 atom stereocenters. The molecule has 3 unspecified atom stereocenters. The van der Waals surface area contributed by atoms with Gasteiger partial charge in [0.2, 0.25) is 18.3 Å². The van der Waals surface area contributed by atoms with Crippen LogP contribution in [0.5, 0.6) is 5.75 Å². The highest BCUT2D eigenvalue weighted by atomic mass is 31.2. The number of carbonyl (C=O) groups excluding carboxylic acids is 4. The van der Waals surface area contributed by atoms with Crippen LogP contribution >= 0.6 is 7.82 Å². The molecule has 0 saturated carbocycles. The molecule has 0 aromatic heterocycles. The summed E-state index contributed by atoms with van der Waals surface area (Å²) in [5, 5.41) is 9.67. The Morgan fingerprint density at radius 1 is 1.09 bits per heavy atom. The number of hydrogen-bond donors (Lipinski definition) is 4. The van der Waals surface area contributed by atoms with Crippen LogP contribution in [-0.2, 0) is 51.0 Å². The van der Waals surface area contributed by atoms with Crippen molar-refractivity contribution in [1.82, 2.24) is 15.5 Å². The smallest absolute Gasteiger partial charge is 0.451 e. The number of phosphoric ester groups is 1. The van der Waals surface area contributed by atoms with Crippen LogP contribution in [-0.4, -0.2) is 75.0 Å². The Hall–Kier alpha value is -5.12. The lowest BCUT2D eigenvalue weighted by Crippen LogP contribution is -2.65. The molecule has 18 heteroatoms. The van der Waals surface area contributed by atoms with Crippen LogP contribution in [0.15, 0.2) is 70.7 Å². The Bertz CT molecular complexity index is 1870. The average molecular weight is 763 g/mol. The first-order valence-electron chi connectivity index (χ1n) is 16.7. The van der Waals surface area contributed by atoms with Gasteiger partial charge in [0.15, 0.2) is 6.10 Å². The summed E-state index contributed by atoms with van der Waals surface area (Å²) < 4.78 is 54.2. The normalized spacial score (nSPS) is 20.7. The number of nitrogens with one attached hydrogen (secondary N) is 2. The third-order valence-electron chi connectivity index (χ3n) is 8.28. The summed E-state index contributed by atoms with van der Waals surface area (Å²) in [6.07, 6.45) is 1.09. The number of benzene rings is 2. The van der Waals surface area contributed by atoms with Crippen LogP contribution in [0, 0.1) is 11.6 Å². The second kappa shape index (κ2) is 17.1. The third-order valence-corrected chi connectivity index (χ3v) is 8.73. The van der Waals surface area contributed by atoms with Gasteiger partial charge in [0.1, 0.15) is 28.6 Å². The van der Waals surface area contributed by atoms with Gasteiger partial charge in [-0.1, -0.05) is 37.2 Å². The number of oxime groups is 1. The molecule has 286 valence electrons. The molecule has 2 saturated heterocycles. The van der Waals surface area contributed by atoms with Crippen LogP contribution in [0.1, 0.15) is 58.6 Å². The van der Waals surface area contributed by atoms with Crippen molar-refractivity contribution < 1.29 is 61.1 Å². The molecule has 2 amide bonds. The van der Waals surface area contributed by atoms with E-state index >= 15 is 0 Å². The monoisotopic (exact) mass is 762 g/mol. The van der Waals surface area contributed by atoms with Gasteiger partial charge in [-0.3, -0.25) is 29.0 Å². The zero-order chi connectivity index (χ0) is 39.1. The zero-order valence-electron chi connectivity index (χ0n) is 29.7. The SMILES string of the molecule is CC.CC(C)=NOC1CCC(C)N2CC13C=C(C(=O)NCc1ccc(F)cc1F)C(=O)C(OCOC(=O)Cc1ccc(OP(=O)(O)O)cc1)=C(N3)C2=O. The number of nitrogens with zero attached hydrogens (tertiary/aromatic N) is 2. The lowest BCUT2D eigenvalue weighted by molar-refractivity contribution is -0.154. The maximum Gasteiger partial charge on any atom is 0.524 e. The third kappa shape index (κ3) is 10.1. The van der Waals surface area contributed by atoms with E-state index in [2.05, 4.69) is 20.3 Å². The summed E-state index contributed by atoms with van der Waals surface area (Å²) in [7, 11) is -4.78. The fraction of sp³-hybridized carbons (Fsp3) is 0.400. The fourth-order valence-corrected chi connectivity index (χ4v) is 6.19. The van der Waals surface area contributed by atoms with Crippen molar-refractivity contribution in [2.45, 2.75) is 78.1 Å². The predicted octanol–water partition coefficient (Wildman–Crippen LogP) is 3.69. The van der Waals surface area contributed by atoms with E-state index in [-0.39, 0.29) is 36.0 Å². The van der Waals surface area contributed by atoms with Gasteiger partial charge in [0.25, 0.3) is 11.8 Å². The Morgan fingerprint density at radius 3 is 2.43 bits per heavy atom. The Labute approximate surface area is 304 Å². The van der Waals surface area contributed by atoms with Crippen LogP contribution in [0.3, 0.4) is 0 Å². The first-order chi connectivity index (χ1) is 25.0. The van der Waals surface area contributed by atoms with Gasteiger partial charge in [-0.05, 0) is 63.5 Å². The molecule has 2 aromatic rings. The minimum Gasteiger partial charge on any atom is -0.451 e. The second-order valence-electron chi connectivity index (χ2n) is 12.3. The molecule has 53 heavy (non-hydrogen) atoms. The minimum atomic E-state index is -4.78. The Balaban J connectivity index is 0.00000308. The number of phosphoric acid groups is 1. The molecular weight excluding hydrogens is 721 g/mol. The molecule has 0 aliphatic carbocycles. The van der Waals surface area contributed by atoms with Gasteiger partial charge in [0.05, 0.1) is 24.3 Å². The van der Waals surface area contributed by atoms with E-state index in [0.717, 1.165) is 12.1 Å². The van der Waals surface area contributed by atoms with Crippen molar-refractivity contribution in [3.63, 3.8) is 0 Å². The van der Waals surface area contributed by atoms with Crippen molar-refractivity contribution in [2.75, 3.05) is 13.3 Å². The molecule has 3 aliphatic heterocycles. The summed E-state index contributed by atoms with van der Waals surface area (Å²) in [6, 6.07) is 7.74. The van der Waals surface area contributed by atoms with Crippen molar-refractivity contribution in [3.8, 4) is 5.75 Å². The topological polar surface area (TPSA) is 202 Å². The summed E-state index contributed by atoms with van der Waals surface area (Å²) in [6.45, 7) is 7.98. The van der Waals surface area contributed by atoms with E-state index in [9.17, 15) is 32.5 Å². The van der Waals surface area contributed by atoms with Gasteiger partial charge in [-0.2, -0.15) is 0 Å². The average Bonchev–Trinajstić information content (AvgIpc) is 3.27. The minimum absolute atomic E-state index is 0.0175. The summed E-state index contributed by atoms with van der Waals surface area (Å²) in [5.41, 5.74) is -1.22. The highest BCUT2D eigenvalue weighted by Crippen LogP contribution is 2.39. The van der Waals surface area contributed by atoms with Crippen molar-refractivity contribution in [2.24, 2.45) is 5.16 Å². The molecule has 0 radical (unpaired) electrons. The first kappa shape index (κ1) is 40.6. The number of rotatable bonds is 12. The van der Waals surface area contributed by atoms with E-state index in [4.69, 9.17) is 24.1 Å². The number of carbonyl (C=O) groups is 4. The lowest BCUT2D eigenvalue weighted by Gasteiger charge is -2.44. The fourth-order valence-electron chi connectivity index (χ4n) is 5.79. The second-order valence-corrected chi connectivity index (χ2v) is 13.5. The number of hydrogen-bond acceptors (Lipinski definition) is 11. The number of piperazine rings is 1. The molecule has 4 N–H and O–H groups in total. The molecule has 3 aliphatic rings. The first-order valence-corrected chi connectivity index (χ1v) is 18.2. The van der Waals surface area contributed by atoms with Crippen LogP contribution in [0.25, 0.3) is 0 Å². The van der Waals surface area contributed by atoms with Crippen molar-refractivity contribution in [1.29, 1.82) is 0 Å². The largest absolute Gasteiger partial charge is 0.524 e. The molecule has 2 aromatic carbocycles. The maximum absolute atomic E-state index is 14.4. The van der Waals surface area contributed by atoms with Crippen LogP contribution < -0.4 is 15.2 Å². The number of halogens is 2. The number of ketones is 1. The van der Waals surface area contributed by atoms with Gasteiger partial charge in [0, 0.05) is 24.2 Å². The molecule has 1 spiro atoms. The quantitative estimate of drug-likeness (QED) is 0.0611. The molecule has 3 bridgehead atoms. The zero-order valence-corrected chi connectivity index (χ0v) is 30.6.